The summed E-state index contributed by atoms with van der Waals surface area (Å²) in [6.45, 7) is 0. The Morgan fingerprint density at radius 2 is 1.91 bits per heavy atom. The number of aliphatic carboxylic acids is 1. The van der Waals surface area contributed by atoms with E-state index >= 15 is 0 Å². The van der Waals surface area contributed by atoms with Crippen molar-refractivity contribution in [3.8, 4) is 0 Å². The van der Waals surface area contributed by atoms with Crippen molar-refractivity contribution >= 4 is 29.4 Å². The third-order valence-electron chi connectivity index (χ3n) is 4.88. The van der Waals surface area contributed by atoms with E-state index in [1.807, 2.05) is 0 Å². The van der Waals surface area contributed by atoms with Gasteiger partial charge in [-0.2, -0.15) is 0 Å². The van der Waals surface area contributed by atoms with E-state index in [-0.39, 0.29) is 18.4 Å². The Kier molecular flexibility index (Phi) is 4.15. The highest BCUT2D eigenvalue weighted by atomic mass is 35.5. The van der Waals surface area contributed by atoms with Crippen LogP contribution in [0.2, 0.25) is 5.02 Å². The van der Waals surface area contributed by atoms with Crippen LogP contribution >= 0.6 is 11.6 Å². The van der Waals surface area contributed by atoms with Gasteiger partial charge in [0.15, 0.2) is 0 Å². The summed E-state index contributed by atoms with van der Waals surface area (Å²) in [4.78, 5) is 38.3. The highest BCUT2D eigenvalue weighted by Crippen LogP contribution is 2.44. The minimum absolute atomic E-state index is 0.104. The van der Waals surface area contributed by atoms with E-state index < -0.39 is 23.7 Å². The topological polar surface area (TPSA) is 74.7 Å². The number of amides is 2. The Labute approximate surface area is 139 Å². The molecule has 0 spiro atoms. The molecular formula is C17H18ClNO4. The third-order valence-corrected chi connectivity index (χ3v) is 5.21. The number of carbonyl (C=O) groups is 3. The smallest absolute Gasteiger partial charge is 0.304 e. The molecule has 6 heteroatoms. The fourth-order valence-electron chi connectivity index (χ4n) is 3.85. The Morgan fingerprint density at radius 3 is 2.52 bits per heavy atom. The number of rotatable bonds is 4. The van der Waals surface area contributed by atoms with Crippen molar-refractivity contribution in [3.63, 3.8) is 0 Å². The zero-order valence-electron chi connectivity index (χ0n) is 12.6. The predicted octanol–water partition coefficient (Wildman–Crippen LogP) is 2.75. The number of halogens is 1. The summed E-state index contributed by atoms with van der Waals surface area (Å²) in [5.74, 6) is -1.81. The minimum atomic E-state index is -1.39. The van der Waals surface area contributed by atoms with Crippen LogP contribution in [0.5, 0.6) is 0 Å². The van der Waals surface area contributed by atoms with Crippen molar-refractivity contribution in [1.29, 1.82) is 0 Å². The Balaban J connectivity index is 2.07. The first-order valence-electron chi connectivity index (χ1n) is 7.79. The monoisotopic (exact) mass is 335 g/mol. The highest BCUT2D eigenvalue weighted by Gasteiger charge is 2.56. The van der Waals surface area contributed by atoms with Gasteiger partial charge in [0.2, 0.25) is 11.8 Å². The van der Waals surface area contributed by atoms with Crippen LogP contribution < -0.4 is 0 Å². The maximum absolute atomic E-state index is 13.1. The zero-order valence-corrected chi connectivity index (χ0v) is 13.4. The second-order valence-corrected chi connectivity index (χ2v) is 6.72. The molecular weight excluding hydrogens is 318 g/mol. The molecule has 1 aliphatic carbocycles. The molecule has 0 aromatic heterocycles. The van der Waals surface area contributed by atoms with Crippen LogP contribution in [0.1, 0.15) is 44.1 Å². The van der Waals surface area contributed by atoms with Crippen molar-refractivity contribution in [2.45, 2.75) is 50.0 Å². The van der Waals surface area contributed by atoms with E-state index in [2.05, 4.69) is 0 Å². The number of hydrogen-bond donors (Lipinski definition) is 1. The first kappa shape index (κ1) is 16.0. The molecule has 2 amide bonds. The van der Waals surface area contributed by atoms with Crippen LogP contribution in [0.3, 0.4) is 0 Å². The summed E-state index contributed by atoms with van der Waals surface area (Å²) in [5, 5.41) is 9.64. The number of nitrogens with zero attached hydrogens (tertiary/aromatic N) is 1. The molecule has 0 radical (unpaired) electrons. The van der Waals surface area contributed by atoms with Crippen molar-refractivity contribution in [2.75, 3.05) is 0 Å². The number of likely N-dealkylation sites (tertiary alicyclic amines) is 1. The Hall–Kier alpha value is -1.88. The number of carbonyl (C=O) groups excluding carboxylic acids is 2. The van der Waals surface area contributed by atoms with Gasteiger partial charge in [-0.1, -0.05) is 42.6 Å². The average Bonchev–Trinajstić information content (AvgIpc) is 3.07. The summed E-state index contributed by atoms with van der Waals surface area (Å²) in [5.41, 5.74) is -0.952. The fraction of sp³-hybridized carbons (Fsp3) is 0.471. The van der Waals surface area contributed by atoms with Gasteiger partial charge in [-0.3, -0.25) is 19.3 Å². The van der Waals surface area contributed by atoms with Gasteiger partial charge in [0, 0.05) is 17.5 Å². The fourth-order valence-corrected chi connectivity index (χ4v) is 4.16. The number of benzene rings is 1. The quantitative estimate of drug-likeness (QED) is 0.858. The van der Waals surface area contributed by atoms with Crippen molar-refractivity contribution in [1.82, 2.24) is 4.90 Å². The molecule has 5 nitrogen and oxygen atoms in total. The zero-order chi connectivity index (χ0) is 16.6. The molecule has 0 bridgehead atoms. The lowest BCUT2D eigenvalue weighted by Crippen LogP contribution is -2.44. The summed E-state index contributed by atoms with van der Waals surface area (Å²) in [6, 6.07) is 6.59. The molecule has 1 heterocycles. The molecule has 23 heavy (non-hydrogen) atoms. The molecule has 122 valence electrons. The van der Waals surface area contributed by atoms with Crippen LogP contribution in [0.25, 0.3) is 0 Å². The van der Waals surface area contributed by atoms with Crippen LogP contribution in [0, 0.1) is 0 Å². The standard InChI is InChI=1S/C17H18ClNO4/c18-13-8-4-3-7-12(13)17(10-15(21)22)9-14(20)19(16(17)23)11-5-1-2-6-11/h3-4,7-8,11H,1-2,5-6,9-10H2,(H,21,22). The average molecular weight is 336 g/mol. The summed E-state index contributed by atoms with van der Waals surface area (Å²) in [7, 11) is 0. The van der Waals surface area contributed by atoms with Gasteiger partial charge in [-0.15, -0.1) is 0 Å². The van der Waals surface area contributed by atoms with E-state index in [1.54, 1.807) is 24.3 Å². The van der Waals surface area contributed by atoms with E-state index in [4.69, 9.17) is 11.6 Å². The van der Waals surface area contributed by atoms with Crippen molar-refractivity contribution in [2.24, 2.45) is 0 Å². The molecule has 1 atom stereocenters. The summed E-state index contributed by atoms with van der Waals surface area (Å²) in [6.07, 6.45) is 3.01. The first-order valence-corrected chi connectivity index (χ1v) is 8.17. The van der Waals surface area contributed by atoms with Crippen LogP contribution in [0.4, 0.5) is 0 Å². The molecule has 1 aliphatic heterocycles. The molecule has 2 fully saturated rings. The molecule has 1 aromatic rings. The Bertz CT molecular complexity index is 668. The van der Waals surface area contributed by atoms with Crippen LogP contribution in [0.15, 0.2) is 24.3 Å². The minimum Gasteiger partial charge on any atom is -0.481 e. The van der Waals surface area contributed by atoms with Crippen molar-refractivity contribution in [3.05, 3.63) is 34.9 Å². The van der Waals surface area contributed by atoms with Gasteiger partial charge >= 0.3 is 5.97 Å². The van der Waals surface area contributed by atoms with Gasteiger partial charge in [0.25, 0.3) is 0 Å². The van der Waals surface area contributed by atoms with Gasteiger partial charge < -0.3 is 5.11 Å². The molecule has 1 N–H and O–H groups in total. The second kappa shape index (κ2) is 5.96. The molecule has 2 aliphatic rings. The van der Waals surface area contributed by atoms with Gasteiger partial charge in [0.1, 0.15) is 0 Å². The Morgan fingerprint density at radius 1 is 1.26 bits per heavy atom. The maximum atomic E-state index is 13.1. The van der Waals surface area contributed by atoms with E-state index in [0.717, 1.165) is 25.7 Å². The van der Waals surface area contributed by atoms with E-state index in [9.17, 15) is 19.5 Å². The number of hydrogen-bond acceptors (Lipinski definition) is 3. The van der Waals surface area contributed by atoms with Crippen LogP contribution in [-0.2, 0) is 19.8 Å². The number of carboxylic acids is 1. The third kappa shape index (κ3) is 2.63. The highest BCUT2D eigenvalue weighted by molar-refractivity contribution is 6.32. The largest absolute Gasteiger partial charge is 0.481 e. The molecule has 1 aromatic carbocycles. The van der Waals surface area contributed by atoms with E-state index in [0.29, 0.717) is 10.6 Å². The summed E-state index contributed by atoms with van der Waals surface area (Å²) >= 11 is 6.22. The maximum Gasteiger partial charge on any atom is 0.304 e. The molecule has 1 unspecified atom stereocenters. The number of imide groups is 1. The van der Waals surface area contributed by atoms with Crippen LogP contribution in [-0.4, -0.2) is 33.8 Å². The lowest BCUT2D eigenvalue weighted by atomic mass is 9.76. The normalized spacial score (nSPS) is 25.3. The lowest BCUT2D eigenvalue weighted by molar-refractivity contribution is -0.146. The molecule has 1 saturated carbocycles. The molecule has 3 rings (SSSR count). The van der Waals surface area contributed by atoms with Crippen molar-refractivity contribution < 1.29 is 19.5 Å². The van der Waals surface area contributed by atoms with Gasteiger partial charge in [0.05, 0.1) is 11.8 Å². The van der Waals surface area contributed by atoms with Gasteiger partial charge in [-0.05, 0) is 24.5 Å². The SMILES string of the molecule is O=C(O)CC1(c2ccccc2Cl)CC(=O)N(C2CCCC2)C1=O. The lowest BCUT2D eigenvalue weighted by Gasteiger charge is -2.28. The first-order chi connectivity index (χ1) is 11.0. The van der Waals surface area contributed by atoms with Gasteiger partial charge in [-0.25, -0.2) is 0 Å². The number of carboxylic acid groups (broad SMARTS) is 1. The second-order valence-electron chi connectivity index (χ2n) is 6.32. The van der Waals surface area contributed by atoms with E-state index in [1.165, 1.54) is 4.90 Å². The molecule has 1 saturated heterocycles. The predicted molar refractivity (Wildman–Crippen MR) is 84.1 cm³/mol. The summed E-state index contributed by atoms with van der Waals surface area (Å²) < 4.78 is 0.